The zero-order valence-corrected chi connectivity index (χ0v) is 17.8. The first-order valence-electron chi connectivity index (χ1n) is 10.9. The molecule has 3 aromatic rings. The maximum atomic E-state index is 10.6. The topological polar surface area (TPSA) is 172 Å². The van der Waals surface area contributed by atoms with Gasteiger partial charge in [0.05, 0.1) is 19.1 Å². The number of hydrogen-bond acceptors (Lipinski definition) is 10. The molecular formula is C20H26N8O5. The molecule has 1 amide bonds. The van der Waals surface area contributed by atoms with E-state index < -0.39 is 31.1 Å². The molecule has 13 heteroatoms. The Balaban J connectivity index is 1.56. The molecule has 0 bridgehead atoms. The lowest BCUT2D eigenvalue weighted by Crippen LogP contribution is -2.33. The second kappa shape index (κ2) is 9.02. The molecule has 13 nitrogen and oxygen atoms in total. The Hall–Kier alpha value is -3.13. The fraction of sp³-hybridized carbons (Fsp3) is 0.550. The number of imidazole rings is 1. The molecule has 1 aliphatic heterocycles. The van der Waals surface area contributed by atoms with E-state index in [2.05, 4.69) is 30.7 Å². The smallest absolute Gasteiger partial charge is 0.254 e. The Labute approximate surface area is 188 Å². The third kappa shape index (κ3) is 4.04. The summed E-state index contributed by atoms with van der Waals surface area (Å²) < 4.78 is 8.71. The molecule has 1 saturated carbocycles. The van der Waals surface area contributed by atoms with Crippen molar-refractivity contribution in [2.45, 2.75) is 62.8 Å². The second-order valence-corrected chi connectivity index (χ2v) is 8.34. The lowest BCUT2D eigenvalue weighted by atomic mass is 10.1. The fourth-order valence-electron chi connectivity index (χ4n) is 4.39. The van der Waals surface area contributed by atoms with Crippen LogP contribution in [0, 0.1) is 0 Å². The Kier molecular flexibility index (Phi) is 5.93. The molecule has 3 aromatic heterocycles. The number of fused-ring (bicyclic) bond motifs is 1. The van der Waals surface area contributed by atoms with Gasteiger partial charge in [0.15, 0.2) is 23.2 Å². The standard InChI is InChI=1S/C20H26N8O5/c29-8-13-15(31)16(32)19(33-13)27-9-22-14-17(24-12-3-1-2-4-12)25-20(26-18(14)27)28-7-11(6-23-28)5-21-10-30/h6-7,9-10,12-13,15-16,19,29,31-32H,1-5,8H2,(H,21,30)(H,24,25,26)/t13-,15-,16-,19?/m1/s1. The molecule has 2 fully saturated rings. The number of ether oxygens (including phenoxy) is 1. The van der Waals surface area contributed by atoms with Crippen LogP contribution >= 0.6 is 0 Å². The van der Waals surface area contributed by atoms with E-state index in [1.165, 1.54) is 15.6 Å². The van der Waals surface area contributed by atoms with E-state index in [-0.39, 0.29) is 12.0 Å². The van der Waals surface area contributed by atoms with Gasteiger partial charge < -0.3 is 30.7 Å². The van der Waals surface area contributed by atoms with Crippen molar-refractivity contribution in [3.8, 4) is 5.95 Å². The number of aromatic nitrogens is 6. The van der Waals surface area contributed by atoms with Gasteiger partial charge in [0.2, 0.25) is 6.41 Å². The van der Waals surface area contributed by atoms with Crippen molar-refractivity contribution in [3.63, 3.8) is 0 Å². The summed E-state index contributed by atoms with van der Waals surface area (Å²) in [5, 5.41) is 40.5. The van der Waals surface area contributed by atoms with Gasteiger partial charge in [0.25, 0.3) is 5.95 Å². The predicted molar refractivity (Wildman–Crippen MR) is 114 cm³/mol. The normalized spacial score (nSPS) is 25.7. The highest BCUT2D eigenvalue weighted by Crippen LogP contribution is 2.33. The molecule has 4 atom stereocenters. The maximum Gasteiger partial charge on any atom is 0.254 e. The van der Waals surface area contributed by atoms with Crippen LogP contribution in [0.4, 0.5) is 5.82 Å². The quantitative estimate of drug-likeness (QED) is 0.270. The zero-order valence-electron chi connectivity index (χ0n) is 17.8. The van der Waals surface area contributed by atoms with Crippen LogP contribution in [0.5, 0.6) is 0 Å². The number of nitrogens with zero attached hydrogens (tertiary/aromatic N) is 6. The van der Waals surface area contributed by atoms with Crippen LogP contribution < -0.4 is 10.6 Å². The van der Waals surface area contributed by atoms with Crippen molar-refractivity contribution < 1.29 is 24.9 Å². The summed E-state index contributed by atoms with van der Waals surface area (Å²) in [6.07, 6.45) is 5.34. The summed E-state index contributed by atoms with van der Waals surface area (Å²) in [6, 6.07) is 0.264. The summed E-state index contributed by atoms with van der Waals surface area (Å²) in [4.78, 5) is 24.3. The summed E-state index contributed by atoms with van der Waals surface area (Å²) >= 11 is 0. The van der Waals surface area contributed by atoms with Crippen molar-refractivity contribution in [1.82, 2.24) is 34.6 Å². The highest BCUT2D eigenvalue weighted by molar-refractivity contribution is 5.84. The van der Waals surface area contributed by atoms with Gasteiger partial charge in [-0.25, -0.2) is 9.67 Å². The number of nitrogens with one attached hydrogen (secondary N) is 2. The number of carbonyl (C=O) groups is 1. The van der Waals surface area contributed by atoms with Gasteiger partial charge in [-0.05, 0) is 12.8 Å². The van der Waals surface area contributed by atoms with Crippen LogP contribution in [0.2, 0.25) is 0 Å². The number of anilines is 1. The molecule has 0 spiro atoms. The number of aliphatic hydroxyl groups excluding tert-OH is 3. The summed E-state index contributed by atoms with van der Waals surface area (Å²) in [6.45, 7) is -0.111. The minimum absolute atomic E-state index is 0.264. The molecule has 1 aliphatic carbocycles. The first kappa shape index (κ1) is 21.7. The fourth-order valence-corrected chi connectivity index (χ4v) is 4.39. The number of aliphatic hydroxyl groups is 3. The molecule has 5 N–H and O–H groups in total. The van der Waals surface area contributed by atoms with Crippen LogP contribution in [0.1, 0.15) is 37.5 Å². The molecule has 0 radical (unpaired) electrons. The van der Waals surface area contributed by atoms with Crippen LogP contribution in [-0.2, 0) is 16.1 Å². The Bertz CT molecular complexity index is 1130. The number of carbonyl (C=O) groups excluding carboxylic acids is 1. The lowest BCUT2D eigenvalue weighted by molar-refractivity contribution is -0.109. The van der Waals surface area contributed by atoms with Gasteiger partial charge in [-0.2, -0.15) is 15.1 Å². The highest BCUT2D eigenvalue weighted by Gasteiger charge is 2.44. The second-order valence-electron chi connectivity index (χ2n) is 8.34. The van der Waals surface area contributed by atoms with Gasteiger partial charge in [0, 0.05) is 24.3 Å². The highest BCUT2D eigenvalue weighted by atomic mass is 16.6. The van der Waals surface area contributed by atoms with Gasteiger partial charge >= 0.3 is 0 Å². The molecular weight excluding hydrogens is 432 g/mol. The van der Waals surface area contributed by atoms with Crippen molar-refractivity contribution in [2.75, 3.05) is 11.9 Å². The van der Waals surface area contributed by atoms with Crippen molar-refractivity contribution in [2.24, 2.45) is 0 Å². The first-order chi connectivity index (χ1) is 16.1. The van der Waals surface area contributed by atoms with Gasteiger partial charge in [0.1, 0.15) is 18.3 Å². The average Bonchev–Trinajstić information content (AvgIpc) is 3.61. The SMILES string of the molecule is O=CNCc1cnn(-c2nc(NC3CCCC3)c3ncn(C4O[C@H](CO)[C@@H](O)[C@H]4O)c3n2)c1. The first-order valence-corrected chi connectivity index (χ1v) is 10.9. The zero-order chi connectivity index (χ0) is 22.9. The van der Waals surface area contributed by atoms with Gasteiger partial charge in [-0.1, -0.05) is 12.8 Å². The molecule has 0 aromatic carbocycles. The Morgan fingerprint density at radius 1 is 1.21 bits per heavy atom. The maximum absolute atomic E-state index is 10.6. The summed E-state index contributed by atoms with van der Waals surface area (Å²) in [5.41, 5.74) is 1.66. The van der Waals surface area contributed by atoms with E-state index in [0.29, 0.717) is 29.9 Å². The number of hydrogen-bond donors (Lipinski definition) is 5. The molecule has 1 saturated heterocycles. The molecule has 2 aliphatic rings. The van der Waals surface area contributed by atoms with Crippen LogP contribution in [0.25, 0.3) is 17.1 Å². The van der Waals surface area contributed by atoms with Crippen LogP contribution in [-0.4, -0.2) is 82.0 Å². The minimum Gasteiger partial charge on any atom is -0.394 e. The molecule has 1 unspecified atom stereocenters. The van der Waals surface area contributed by atoms with Gasteiger partial charge in [-0.3, -0.25) is 9.36 Å². The van der Waals surface area contributed by atoms with Gasteiger partial charge in [-0.15, -0.1) is 0 Å². The monoisotopic (exact) mass is 458 g/mol. The van der Waals surface area contributed by atoms with Crippen molar-refractivity contribution in [1.29, 1.82) is 0 Å². The lowest BCUT2D eigenvalue weighted by Gasteiger charge is -2.18. The Morgan fingerprint density at radius 2 is 2.03 bits per heavy atom. The van der Waals surface area contributed by atoms with E-state index in [1.807, 2.05) is 0 Å². The van der Waals surface area contributed by atoms with E-state index in [9.17, 15) is 20.1 Å². The molecule has 4 heterocycles. The van der Waals surface area contributed by atoms with E-state index in [0.717, 1.165) is 31.2 Å². The van der Waals surface area contributed by atoms with E-state index in [1.54, 1.807) is 12.4 Å². The average molecular weight is 458 g/mol. The number of rotatable bonds is 8. The van der Waals surface area contributed by atoms with E-state index >= 15 is 0 Å². The van der Waals surface area contributed by atoms with Crippen molar-refractivity contribution >= 4 is 23.4 Å². The molecule has 176 valence electrons. The third-order valence-electron chi connectivity index (χ3n) is 6.13. The van der Waals surface area contributed by atoms with E-state index in [4.69, 9.17) is 4.74 Å². The summed E-state index contributed by atoms with van der Waals surface area (Å²) in [7, 11) is 0. The molecule has 33 heavy (non-hydrogen) atoms. The van der Waals surface area contributed by atoms with Crippen LogP contribution in [0.3, 0.4) is 0 Å². The number of amides is 1. The molecule has 5 rings (SSSR count). The Morgan fingerprint density at radius 3 is 2.76 bits per heavy atom. The largest absolute Gasteiger partial charge is 0.394 e. The summed E-state index contributed by atoms with van der Waals surface area (Å²) in [5.74, 6) is 0.810. The van der Waals surface area contributed by atoms with Crippen molar-refractivity contribution in [3.05, 3.63) is 24.3 Å². The third-order valence-corrected chi connectivity index (χ3v) is 6.13. The van der Waals surface area contributed by atoms with Crippen LogP contribution in [0.15, 0.2) is 18.7 Å². The minimum atomic E-state index is -1.27. The predicted octanol–water partition coefficient (Wildman–Crippen LogP) is -0.776.